The van der Waals surface area contributed by atoms with Crippen molar-refractivity contribution in [3.05, 3.63) is 39.1 Å². The Morgan fingerprint density at radius 1 is 1.43 bits per heavy atom. The Labute approximate surface area is 121 Å². The first-order valence-corrected chi connectivity index (χ1v) is 6.83. The maximum Gasteiger partial charge on any atom is 0.339 e. The Kier molecular flexibility index (Phi) is 3.16. The van der Waals surface area contributed by atoms with Crippen LogP contribution in [0.15, 0.2) is 15.4 Å². The molecule has 6 heteroatoms. The van der Waals surface area contributed by atoms with E-state index in [4.69, 9.17) is 9.26 Å². The van der Waals surface area contributed by atoms with Crippen molar-refractivity contribution < 1.29 is 14.1 Å². The molecule has 3 rings (SSSR count). The largest absolute Gasteiger partial charge is 0.465 e. The summed E-state index contributed by atoms with van der Waals surface area (Å²) in [6.45, 7) is 4.15. The summed E-state index contributed by atoms with van der Waals surface area (Å²) in [5.41, 5.74) is 2.83. The van der Waals surface area contributed by atoms with Crippen LogP contribution >= 0.6 is 0 Å². The Hall–Kier alpha value is -2.37. The number of hydrogen-bond donors (Lipinski definition) is 0. The molecule has 0 saturated heterocycles. The number of aromatic nitrogens is 2. The molecule has 6 nitrogen and oxygen atoms in total. The third-order valence-corrected chi connectivity index (χ3v) is 3.90. The maximum atomic E-state index is 12.7. The number of carbonyl (C=O) groups is 1. The first kappa shape index (κ1) is 13.6. The number of nitrogens with zero attached hydrogens (tertiary/aromatic N) is 2. The third kappa shape index (κ3) is 1.98. The van der Waals surface area contributed by atoms with E-state index >= 15 is 0 Å². The molecule has 0 saturated carbocycles. The quantitative estimate of drug-likeness (QED) is 0.788. The predicted octanol–water partition coefficient (Wildman–Crippen LogP) is 1.85. The zero-order valence-corrected chi connectivity index (χ0v) is 12.2. The molecule has 0 fully saturated rings. The normalized spacial score (nSPS) is 13.3. The Morgan fingerprint density at radius 3 is 2.81 bits per heavy atom. The van der Waals surface area contributed by atoms with Gasteiger partial charge in [0.2, 0.25) is 0 Å². The van der Waals surface area contributed by atoms with Crippen LogP contribution in [0.3, 0.4) is 0 Å². The van der Waals surface area contributed by atoms with Gasteiger partial charge in [0.1, 0.15) is 5.76 Å². The smallest absolute Gasteiger partial charge is 0.339 e. The van der Waals surface area contributed by atoms with Crippen molar-refractivity contribution in [3.8, 4) is 11.1 Å². The highest BCUT2D eigenvalue weighted by Gasteiger charge is 2.26. The monoisotopic (exact) mass is 288 g/mol. The van der Waals surface area contributed by atoms with E-state index in [1.54, 1.807) is 24.5 Å². The molecule has 2 aromatic rings. The molecule has 0 radical (unpaired) electrons. The third-order valence-electron chi connectivity index (χ3n) is 3.90. The van der Waals surface area contributed by atoms with E-state index in [0.29, 0.717) is 41.1 Å². The number of fused-ring (bicyclic) bond motifs is 1. The van der Waals surface area contributed by atoms with Crippen LogP contribution in [0.5, 0.6) is 0 Å². The number of rotatable bonds is 2. The highest BCUT2D eigenvalue weighted by Crippen LogP contribution is 2.28. The van der Waals surface area contributed by atoms with Gasteiger partial charge in [-0.25, -0.2) is 4.79 Å². The maximum absolute atomic E-state index is 12.7. The second kappa shape index (κ2) is 4.87. The molecule has 0 bridgehead atoms. The summed E-state index contributed by atoms with van der Waals surface area (Å²) in [5.74, 6) is 0.146. The number of ether oxygens (including phenoxy) is 1. The average molecular weight is 288 g/mol. The minimum Gasteiger partial charge on any atom is -0.465 e. The Balaban J connectivity index is 2.33. The first-order valence-electron chi connectivity index (χ1n) is 6.83. The van der Waals surface area contributed by atoms with Gasteiger partial charge in [0.25, 0.3) is 5.56 Å². The summed E-state index contributed by atoms with van der Waals surface area (Å²) in [7, 11) is 1.34. The van der Waals surface area contributed by atoms with Gasteiger partial charge in [-0.2, -0.15) is 0 Å². The van der Waals surface area contributed by atoms with Crippen molar-refractivity contribution in [1.82, 2.24) is 9.72 Å². The summed E-state index contributed by atoms with van der Waals surface area (Å²) in [6.07, 6.45) is 1.56. The van der Waals surface area contributed by atoms with Gasteiger partial charge in [-0.1, -0.05) is 5.16 Å². The fourth-order valence-corrected chi connectivity index (χ4v) is 2.95. The molecule has 0 atom stereocenters. The lowest BCUT2D eigenvalue weighted by Crippen LogP contribution is -2.24. The van der Waals surface area contributed by atoms with E-state index in [9.17, 15) is 9.59 Å². The number of pyridine rings is 1. The number of methoxy groups -OCH3 is 1. The van der Waals surface area contributed by atoms with Crippen molar-refractivity contribution in [2.24, 2.45) is 0 Å². The van der Waals surface area contributed by atoms with E-state index in [1.165, 1.54) is 7.11 Å². The van der Waals surface area contributed by atoms with Gasteiger partial charge in [0.05, 0.1) is 29.5 Å². The molecule has 1 aliphatic rings. The molecule has 0 amide bonds. The predicted molar refractivity (Wildman–Crippen MR) is 75.3 cm³/mol. The molecular weight excluding hydrogens is 272 g/mol. The van der Waals surface area contributed by atoms with E-state index < -0.39 is 5.97 Å². The summed E-state index contributed by atoms with van der Waals surface area (Å²) >= 11 is 0. The lowest BCUT2D eigenvalue weighted by molar-refractivity contribution is 0.0598. The summed E-state index contributed by atoms with van der Waals surface area (Å²) < 4.78 is 11.6. The SMILES string of the molecule is COC(=O)c1cc(-c2c(C)noc2C)c(=O)n2c1CCC2. The molecule has 0 N–H and O–H groups in total. The number of aryl methyl sites for hydroxylation is 2. The van der Waals surface area contributed by atoms with Crippen molar-refractivity contribution in [3.63, 3.8) is 0 Å². The molecule has 0 unspecified atom stereocenters. The highest BCUT2D eigenvalue weighted by atomic mass is 16.5. The van der Waals surface area contributed by atoms with Gasteiger partial charge >= 0.3 is 5.97 Å². The topological polar surface area (TPSA) is 74.3 Å². The van der Waals surface area contributed by atoms with Gasteiger partial charge in [-0.05, 0) is 32.8 Å². The van der Waals surface area contributed by atoms with Crippen LogP contribution in [0.2, 0.25) is 0 Å². The summed E-state index contributed by atoms with van der Waals surface area (Å²) in [4.78, 5) is 24.7. The fraction of sp³-hybridized carbons (Fsp3) is 0.400. The van der Waals surface area contributed by atoms with Gasteiger partial charge < -0.3 is 13.8 Å². The van der Waals surface area contributed by atoms with Crippen molar-refractivity contribution >= 4 is 5.97 Å². The molecule has 0 spiro atoms. The van der Waals surface area contributed by atoms with Gasteiger partial charge in [0.15, 0.2) is 0 Å². The molecule has 21 heavy (non-hydrogen) atoms. The van der Waals surface area contributed by atoms with Crippen LogP contribution in [0.1, 0.15) is 33.9 Å². The highest BCUT2D eigenvalue weighted by molar-refractivity contribution is 5.92. The van der Waals surface area contributed by atoms with Crippen LogP contribution in [0.25, 0.3) is 11.1 Å². The van der Waals surface area contributed by atoms with Gasteiger partial charge in [-0.3, -0.25) is 4.79 Å². The molecule has 1 aliphatic heterocycles. The molecule has 3 heterocycles. The van der Waals surface area contributed by atoms with E-state index in [2.05, 4.69) is 5.16 Å². The van der Waals surface area contributed by atoms with Crippen LogP contribution in [0, 0.1) is 13.8 Å². The minimum atomic E-state index is -0.423. The second-order valence-corrected chi connectivity index (χ2v) is 5.17. The lowest BCUT2D eigenvalue weighted by atomic mass is 10.0. The summed E-state index contributed by atoms with van der Waals surface area (Å²) in [5, 5.41) is 3.88. The molecular formula is C15H16N2O4. The Morgan fingerprint density at radius 2 is 2.19 bits per heavy atom. The van der Waals surface area contributed by atoms with Gasteiger partial charge in [-0.15, -0.1) is 0 Å². The van der Waals surface area contributed by atoms with E-state index in [0.717, 1.165) is 12.1 Å². The van der Waals surface area contributed by atoms with E-state index in [-0.39, 0.29) is 5.56 Å². The molecule has 0 aliphatic carbocycles. The van der Waals surface area contributed by atoms with Crippen molar-refractivity contribution in [1.29, 1.82) is 0 Å². The van der Waals surface area contributed by atoms with Crippen LogP contribution < -0.4 is 5.56 Å². The number of esters is 1. The first-order chi connectivity index (χ1) is 10.0. The van der Waals surface area contributed by atoms with Crippen LogP contribution in [-0.2, 0) is 17.7 Å². The zero-order valence-electron chi connectivity index (χ0n) is 12.2. The fourth-order valence-electron chi connectivity index (χ4n) is 2.95. The minimum absolute atomic E-state index is 0.107. The molecule has 110 valence electrons. The lowest BCUT2D eigenvalue weighted by Gasteiger charge is -2.11. The zero-order chi connectivity index (χ0) is 15.1. The van der Waals surface area contributed by atoms with Crippen molar-refractivity contribution in [2.45, 2.75) is 33.2 Å². The van der Waals surface area contributed by atoms with Crippen molar-refractivity contribution in [2.75, 3.05) is 7.11 Å². The molecule has 0 aromatic carbocycles. The summed E-state index contributed by atoms with van der Waals surface area (Å²) in [6, 6.07) is 1.61. The average Bonchev–Trinajstić information content (AvgIpc) is 3.07. The standard InChI is InChI=1S/C15H16N2O4/c1-8-13(9(2)21-16-8)11-7-10(15(19)20-3)12-5-4-6-17(12)14(11)18/h7H,4-6H2,1-3H3. The number of hydrogen-bond acceptors (Lipinski definition) is 5. The second-order valence-electron chi connectivity index (χ2n) is 5.17. The van der Waals surface area contributed by atoms with Crippen LogP contribution in [-0.4, -0.2) is 22.8 Å². The molecule has 2 aromatic heterocycles. The Bertz CT molecular complexity index is 766. The van der Waals surface area contributed by atoms with Crippen LogP contribution in [0.4, 0.5) is 0 Å². The van der Waals surface area contributed by atoms with Gasteiger partial charge in [0, 0.05) is 12.2 Å². The number of carbonyl (C=O) groups excluding carboxylic acids is 1. The van der Waals surface area contributed by atoms with E-state index in [1.807, 2.05) is 0 Å².